The van der Waals surface area contributed by atoms with Gasteiger partial charge in [0.05, 0.1) is 0 Å². The van der Waals surface area contributed by atoms with Gasteiger partial charge in [-0.05, 0) is 43.3 Å². The quantitative estimate of drug-likeness (QED) is 0.646. The third-order valence-corrected chi connectivity index (χ3v) is 3.00. The summed E-state index contributed by atoms with van der Waals surface area (Å²) in [5, 5.41) is 6.96. The molecular weight excluding hydrogens is 300 g/mol. The molecule has 0 bridgehead atoms. The maximum Gasteiger partial charge on any atom is 0.170 e. The first-order chi connectivity index (χ1) is 8.13. The summed E-state index contributed by atoms with van der Waals surface area (Å²) < 4.78 is 6.00. The predicted octanol–water partition coefficient (Wildman–Crippen LogP) is 3.08. The van der Waals surface area contributed by atoms with Crippen molar-refractivity contribution in [3.05, 3.63) is 28.2 Å². The Hall–Kier alpha value is -0.650. The van der Waals surface area contributed by atoms with Crippen LogP contribution in [0.15, 0.2) is 22.7 Å². The van der Waals surface area contributed by atoms with Crippen molar-refractivity contribution < 1.29 is 4.74 Å². The molecule has 1 aromatic carbocycles. The summed E-state index contributed by atoms with van der Waals surface area (Å²) in [5.41, 5.74) is 2.18. The Kier molecular flexibility index (Phi) is 6.47. The Balaban J connectivity index is 2.42. The van der Waals surface area contributed by atoms with Crippen molar-refractivity contribution in [3.63, 3.8) is 0 Å². The summed E-state index contributed by atoms with van der Waals surface area (Å²) in [7, 11) is 1.70. The minimum atomic E-state index is 0.641. The fourth-order valence-corrected chi connectivity index (χ4v) is 1.89. The molecule has 2 N–H and O–H groups in total. The van der Waals surface area contributed by atoms with E-state index in [4.69, 9.17) is 17.0 Å². The van der Waals surface area contributed by atoms with Crippen LogP contribution in [0.2, 0.25) is 0 Å². The molecule has 0 saturated heterocycles. The summed E-state index contributed by atoms with van der Waals surface area (Å²) in [6, 6.07) is 6.06. The Morgan fingerprint density at radius 2 is 2.24 bits per heavy atom. The van der Waals surface area contributed by atoms with Crippen LogP contribution in [0.4, 0.5) is 5.69 Å². The molecule has 0 aliphatic rings. The van der Waals surface area contributed by atoms with Crippen LogP contribution in [0.25, 0.3) is 0 Å². The van der Waals surface area contributed by atoms with E-state index in [9.17, 15) is 0 Å². The highest BCUT2D eigenvalue weighted by molar-refractivity contribution is 9.10. The average Bonchev–Trinajstić information content (AvgIpc) is 2.29. The minimum Gasteiger partial charge on any atom is -0.385 e. The van der Waals surface area contributed by atoms with E-state index >= 15 is 0 Å². The number of thiocarbonyl (C=S) groups is 1. The van der Waals surface area contributed by atoms with Crippen LogP contribution >= 0.6 is 28.1 Å². The molecule has 0 atom stereocenters. The van der Waals surface area contributed by atoms with Crippen LogP contribution in [0.5, 0.6) is 0 Å². The number of hydrogen-bond acceptors (Lipinski definition) is 2. The van der Waals surface area contributed by atoms with Crippen LogP contribution in [0, 0.1) is 6.92 Å². The van der Waals surface area contributed by atoms with Crippen molar-refractivity contribution >= 4 is 38.9 Å². The van der Waals surface area contributed by atoms with E-state index in [1.807, 2.05) is 25.1 Å². The molecule has 0 radical (unpaired) electrons. The Morgan fingerprint density at radius 3 is 2.94 bits per heavy atom. The molecule has 0 aromatic heterocycles. The molecule has 17 heavy (non-hydrogen) atoms. The first kappa shape index (κ1) is 14.4. The summed E-state index contributed by atoms with van der Waals surface area (Å²) in [6.45, 7) is 3.60. The average molecular weight is 317 g/mol. The number of halogens is 1. The molecule has 1 rings (SSSR count). The number of ether oxygens (including phenoxy) is 1. The van der Waals surface area contributed by atoms with Gasteiger partial charge in [0.1, 0.15) is 0 Å². The van der Waals surface area contributed by atoms with Gasteiger partial charge in [-0.15, -0.1) is 0 Å². The van der Waals surface area contributed by atoms with Gasteiger partial charge in [-0.2, -0.15) is 0 Å². The standard InChI is InChI=1S/C12H17BrN2OS/c1-9-4-5-10(13)8-11(9)15-12(17)14-6-3-7-16-2/h4-5,8H,3,6-7H2,1-2H3,(H2,14,15,17). The van der Waals surface area contributed by atoms with E-state index in [2.05, 4.69) is 26.6 Å². The van der Waals surface area contributed by atoms with E-state index in [-0.39, 0.29) is 0 Å². The van der Waals surface area contributed by atoms with Gasteiger partial charge >= 0.3 is 0 Å². The van der Waals surface area contributed by atoms with Gasteiger partial charge in [0, 0.05) is 30.4 Å². The lowest BCUT2D eigenvalue weighted by Gasteiger charge is -2.12. The van der Waals surface area contributed by atoms with E-state index in [1.165, 1.54) is 0 Å². The molecule has 3 nitrogen and oxygen atoms in total. The lowest BCUT2D eigenvalue weighted by molar-refractivity contribution is 0.196. The molecule has 0 aliphatic carbocycles. The van der Waals surface area contributed by atoms with Gasteiger partial charge in [-0.3, -0.25) is 0 Å². The molecule has 0 unspecified atom stereocenters. The largest absolute Gasteiger partial charge is 0.385 e. The smallest absolute Gasteiger partial charge is 0.170 e. The topological polar surface area (TPSA) is 33.3 Å². The minimum absolute atomic E-state index is 0.641. The molecule has 0 saturated carbocycles. The van der Waals surface area contributed by atoms with Crippen molar-refractivity contribution in [2.75, 3.05) is 25.6 Å². The second-order valence-corrected chi connectivity index (χ2v) is 5.01. The third-order valence-electron chi connectivity index (χ3n) is 2.26. The molecule has 94 valence electrons. The van der Waals surface area contributed by atoms with E-state index in [1.54, 1.807) is 7.11 Å². The predicted molar refractivity (Wildman–Crippen MR) is 79.6 cm³/mol. The van der Waals surface area contributed by atoms with Gasteiger partial charge in [0.25, 0.3) is 0 Å². The van der Waals surface area contributed by atoms with Gasteiger partial charge in [-0.1, -0.05) is 22.0 Å². The van der Waals surface area contributed by atoms with Gasteiger partial charge < -0.3 is 15.4 Å². The zero-order valence-electron chi connectivity index (χ0n) is 10.0. The zero-order chi connectivity index (χ0) is 12.7. The highest BCUT2D eigenvalue weighted by Gasteiger charge is 2.01. The molecule has 0 fully saturated rings. The zero-order valence-corrected chi connectivity index (χ0v) is 12.5. The summed E-state index contributed by atoms with van der Waals surface area (Å²) in [4.78, 5) is 0. The Bertz CT molecular complexity index is 385. The number of benzene rings is 1. The number of nitrogens with one attached hydrogen (secondary N) is 2. The summed E-state index contributed by atoms with van der Waals surface area (Å²) in [6.07, 6.45) is 0.940. The molecule has 0 amide bonds. The second kappa shape index (κ2) is 7.63. The van der Waals surface area contributed by atoms with Crippen LogP contribution in [0.1, 0.15) is 12.0 Å². The van der Waals surface area contributed by atoms with Crippen molar-refractivity contribution in [2.45, 2.75) is 13.3 Å². The van der Waals surface area contributed by atoms with Gasteiger partial charge in [0.15, 0.2) is 5.11 Å². The fourth-order valence-electron chi connectivity index (χ4n) is 1.31. The molecule has 0 heterocycles. The van der Waals surface area contributed by atoms with Crippen LogP contribution in [0.3, 0.4) is 0 Å². The summed E-state index contributed by atoms with van der Waals surface area (Å²) >= 11 is 8.65. The van der Waals surface area contributed by atoms with Crippen LogP contribution < -0.4 is 10.6 Å². The Morgan fingerprint density at radius 1 is 1.47 bits per heavy atom. The normalized spacial score (nSPS) is 10.1. The maximum absolute atomic E-state index is 5.21. The van der Waals surface area contributed by atoms with Crippen LogP contribution in [-0.4, -0.2) is 25.4 Å². The lowest BCUT2D eigenvalue weighted by Crippen LogP contribution is -2.30. The molecule has 1 aromatic rings. The first-order valence-electron chi connectivity index (χ1n) is 5.43. The summed E-state index contributed by atoms with van der Waals surface area (Å²) in [5.74, 6) is 0. The fraction of sp³-hybridized carbons (Fsp3) is 0.417. The highest BCUT2D eigenvalue weighted by atomic mass is 79.9. The van der Waals surface area contributed by atoms with Gasteiger partial charge in [-0.25, -0.2) is 0 Å². The van der Waals surface area contributed by atoms with E-state index in [0.717, 1.165) is 35.3 Å². The van der Waals surface area contributed by atoms with Crippen molar-refractivity contribution in [2.24, 2.45) is 0 Å². The molecule has 5 heteroatoms. The number of rotatable bonds is 5. The monoisotopic (exact) mass is 316 g/mol. The number of aryl methyl sites for hydroxylation is 1. The maximum atomic E-state index is 5.21. The van der Waals surface area contributed by atoms with E-state index < -0.39 is 0 Å². The SMILES string of the molecule is COCCCNC(=S)Nc1cc(Br)ccc1C. The lowest BCUT2D eigenvalue weighted by atomic mass is 10.2. The number of hydrogen-bond donors (Lipinski definition) is 2. The number of methoxy groups -OCH3 is 1. The molecular formula is C12H17BrN2OS. The highest BCUT2D eigenvalue weighted by Crippen LogP contribution is 2.20. The molecule has 0 aliphatic heterocycles. The van der Waals surface area contributed by atoms with Crippen molar-refractivity contribution in [1.29, 1.82) is 0 Å². The van der Waals surface area contributed by atoms with Crippen LogP contribution in [-0.2, 0) is 4.74 Å². The second-order valence-electron chi connectivity index (χ2n) is 3.69. The van der Waals surface area contributed by atoms with Gasteiger partial charge in [0.2, 0.25) is 0 Å². The molecule has 0 spiro atoms. The third kappa shape index (κ3) is 5.48. The number of anilines is 1. The first-order valence-corrected chi connectivity index (χ1v) is 6.63. The van der Waals surface area contributed by atoms with Crippen molar-refractivity contribution in [3.8, 4) is 0 Å². The van der Waals surface area contributed by atoms with Crippen molar-refractivity contribution in [1.82, 2.24) is 5.32 Å². The Labute approximate surface area is 116 Å². The van der Waals surface area contributed by atoms with E-state index in [0.29, 0.717) is 5.11 Å².